The molecule has 0 aliphatic heterocycles. The molecule has 60 heavy (non-hydrogen) atoms. The molecule has 0 bridgehead atoms. The maximum absolute atomic E-state index is 6.87. The minimum absolute atomic E-state index is 0.850. The molecular weight excluding hydrogens is 727 g/mol. The van der Waals surface area contributed by atoms with Gasteiger partial charge in [-0.2, -0.15) is 0 Å². The van der Waals surface area contributed by atoms with Crippen LogP contribution in [0.3, 0.4) is 0 Å². The molecule has 0 atom stereocenters. The first-order chi connectivity index (χ1) is 29.8. The number of para-hydroxylation sites is 1. The van der Waals surface area contributed by atoms with Crippen molar-refractivity contribution in [3.05, 3.63) is 237 Å². The number of nitrogens with zero attached hydrogens (tertiary/aromatic N) is 1. The lowest BCUT2D eigenvalue weighted by atomic mass is 9.89. The number of fused-ring (bicyclic) bond motifs is 4. The number of hydrogen-bond acceptors (Lipinski definition) is 2. The summed E-state index contributed by atoms with van der Waals surface area (Å²) in [6, 6.07) is 84.7. The first-order valence-corrected chi connectivity index (χ1v) is 20.5. The molecule has 0 radical (unpaired) electrons. The van der Waals surface area contributed by atoms with Crippen LogP contribution in [0.1, 0.15) is 0 Å². The average Bonchev–Trinajstić information content (AvgIpc) is 3.71. The highest BCUT2D eigenvalue weighted by Gasteiger charge is 2.21. The van der Waals surface area contributed by atoms with Crippen LogP contribution in [0, 0.1) is 0 Å². The summed E-state index contributed by atoms with van der Waals surface area (Å²) in [6.45, 7) is 0. The minimum Gasteiger partial charge on any atom is -0.454 e. The predicted octanol–water partition coefficient (Wildman–Crippen LogP) is 16.5. The van der Waals surface area contributed by atoms with Crippen molar-refractivity contribution >= 4 is 49.8 Å². The molecule has 11 aromatic rings. The second-order valence-electron chi connectivity index (χ2n) is 15.2. The van der Waals surface area contributed by atoms with Gasteiger partial charge in [0.2, 0.25) is 0 Å². The lowest BCUT2D eigenvalue weighted by molar-refractivity contribution is 0.669. The maximum atomic E-state index is 6.87. The fourth-order valence-electron chi connectivity index (χ4n) is 8.81. The van der Waals surface area contributed by atoms with E-state index in [1.165, 1.54) is 55.3 Å². The third-order valence-electron chi connectivity index (χ3n) is 11.7. The Kier molecular flexibility index (Phi) is 8.87. The van der Waals surface area contributed by atoms with Crippen molar-refractivity contribution in [2.45, 2.75) is 0 Å². The third kappa shape index (κ3) is 6.32. The normalized spacial score (nSPS) is 11.3. The molecule has 2 heteroatoms. The summed E-state index contributed by atoms with van der Waals surface area (Å²) >= 11 is 0. The van der Waals surface area contributed by atoms with Crippen LogP contribution < -0.4 is 4.90 Å². The Hall–Kier alpha value is -7.94. The highest BCUT2D eigenvalue weighted by molar-refractivity contribution is 6.11. The number of furan rings is 1. The van der Waals surface area contributed by atoms with Gasteiger partial charge in [-0.05, 0) is 109 Å². The quantitative estimate of drug-likeness (QED) is 0.153. The summed E-state index contributed by atoms with van der Waals surface area (Å²) in [7, 11) is 0. The van der Waals surface area contributed by atoms with E-state index in [9.17, 15) is 0 Å². The lowest BCUT2D eigenvalue weighted by Crippen LogP contribution is -2.10. The molecule has 2 nitrogen and oxygen atoms in total. The summed E-state index contributed by atoms with van der Waals surface area (Å²) in [5, 5.41) is 4.66. The summed E-state index contributed by atoms with van der Waals surface area (Å²) in [5.41, 5.74) is 16.6. The SMILES string of the molecule is c1ccc(-c2ccc3c(c2)oc2c(N(c4ccc(-c5ccccc5-c5ccccc5-c5ccccc5)cc4)c4ccc(-c5cccc6ccccc56)cc4)cccc23)cc1. The molecule has 0 amide bonds. The average molecular weight is 766 g/mol. The third-order valence-corrected chi connectivity index (χ3v) is 11.7. The van der Waals surface area contributed by atoms with Crippen LogP contribution in [0.5, 0.6) is 0 Å². The van der Waals surface area contributed by atoms with Crippen LogP contribution in [0.25, 0.3) is 88.3 Å². The maximum Gasteiger partial charge on any atom is 0.159 e. The number of anilines is 3. The van der Waals surface area contributed by atoms with E-state index in [4.69, 9.17) is 4.42 Å². The summed E-state index contributed by atoms with van der Waals surface area (Å²) < 4.78 is 6.87. The van der Waals surface area contributed by atoms with Crippen LogP contribution in [-0.4, -0.2) is 0 Å². The first-order valence-electron chi connectivity index (χ1n) is 20.5. The fraction of sp³-hybridized carbons (Fsp3) is 0. The Balaban J connectivity index is 1.04. The van der Waals surface area contributed by atoms with Crippen LogP contribution in [0.2, 0.25) is 0 Å². The van der Waals surface area contributed by atoms with E-state index in [1.807, 2.05) is 0 Å². The van der Waals surface area contributed by atoms with Crippen molar-refractivity contribution in [3.8, 4) is 55.6 Å². The van der Waals surface area contributed by atoms with Crippen LogP contribution >= 0.6 is 0 Å². The minimum atomic E-state index is 0.850. The molecule has 0 spiro atoms. The lowest BCUT2D eigenvalue weighted by Gasteiger charge is -2.26. The zero-order valence-electron chi connectivity index (χ0n) is 32.9. The number of rotatable bonds is 8. The highest BCUT2D eigenvalue weighted by Crippen LogP contribution is 2.45. The fourth-order valence-corrected chi connectivity index (χ4v) is 8.81. The van der Waals surface area contributed by atoms with E-state index in [0.29, 0.717) is 0 Å². The van der Waals surface area contributed by atoms with Gasteiger partial charge in [-0.25, -0.2) is 0 Å². The predicted molar refractivity (Wildman–Crippen MR) is 253 cm³/mol. The summed E-state index contributed by atoms with van der Waals surface area (Å²) in [4.78, 5) is 2.33. The smallest absolute Gasteiger partial charge is 0.159 e. The van der Waals surface area contributed by atoms with Crippen LogP contribution in [-0.2, 0) is 0 Å². The van der Waals surface area contributed by atoms with Crippen molar-refractivity contribution in [2.24, 2.45) is 0 Å². The Bertz CT molecular complexity index is 3290. The highest BCUT2D eigenvalue weighted by atomic mass is 16.3. The molecule has 0 saturated carbocycles. The van der Waals surface area contributed by atoms with Crippen molar-refractivity contribution in [2.75, 3.05) is 4.90 Å². The Morgan fingerprint density at radius 1 is 0.283 bits per heavy atom. The van der Waals surface area contributed by atoms with Crippen molar-refractivity contribution < 1.29 is 4.42 Å². The molecule has 1 aromatic heterocycles. The standard InChI is InChI=1S/C58H39NO/c1-3-15-40(16-4-1)45-33-38-54-55-27-14-28-56(58(55)60-57(54)39-45)59(46-34-29-43(30-35-46)49-26-13-20-42-19-7-8-21-48(42)49)47-36-31-44(32-37-47)51-23-10-12-25-53(51)52-24-11-9-22-50(52)41-17-5-2-6-18-41/h1-39H. The Morgan fingerprint density at radius 3 is 1.42 bits per heavy atom. The van der Waals surface area contributed by atoms with E-state index >= 15 is 0 Å². The summed E-state index contributed by atoms with van der Waals surface area (Å²) in [5.74, 6) is 0. The molecule has 1 heterocycles. The molecule has 0 N–H and O–H groups in total. The molecule has 282 valence electrons. The molecule has 0 saturated heterocycles. The zero-order chi connectivity index (χ0) is 39.8. The van der Waals surface area contributed by atoms with E-state index < -0.39 is 0 Å². The molecule has 0 aliphatic rings. The van der Waals surface area contributed by atoms with E-state index in [1.54, 1.807) is 0 Å². The van der Waals surface area contributed by atoms with Gasteiger partial charge in [-0.1, -0.05) is 194 Å². The van der Waals surface area contributed by atoms with Gasteiger partial charge >= 0.3 is 0 Å². The Labute approximate surface area is 349 Å². The molecule has 0 fully saturated rings. The van der Waals surface area contributed by atoms with Gasteiger partial charge < -0.3 is 9.32 Å². The van der Waals surface area contributed by atoms with E-state index in [0.717, 1.165) is 50.1 Å². The number of hydrogen-bond donors (Lipinski definition) is 0. The van der Waals surface area contributed by atoms with Crippen molar-refractivity contribution in [3.63, 3.8) is 0 Å². The van der Waals surface area contributed by atoms with Gasteiger partial charge in [0.25, 0.3) is 0 Å². The van der Waals surface area contributed by atoms with Gasteiger partial charge in [0.05, 0.1) is 5.69 Å². The van der Waals surface area contributed by atoms with Crippen molar-refractivity contribution in [1.29, 1.82) is 0 Å². The van der Waals surface area contributed by atoms with Gasteiger partial charge in [-0.15, -0.1) is 0 Å². The molecule has 10 aromatic carbocycles. The molecule has 11 rings (SSSR count). The second-order valence-corrected chi connectivity index (χ2v) is 15.2. The van der Waals surface area contributed by atoms with E-state index in [2.05, 4.69) is 241 Å². The van der Waals surface area contributed by atoms with E-state index in [-0.39, 0.29) is 0 Å². The molecule has 0 unspecified atom stereocenters. The topological polar surface area (TPSA) is 16.4 Å². The van der Waals surface area contributed by atoms with Gasteiger partial charge in [0.15, 0.2) is 5.58 Å². The molecule has 0 aliphatic carbocycles. The van der Waals surface area contributed by atoms with Crippen molar-refractivity contribution in [1.82, 2.24) is 0 Å². The second kappa shape index (κ2) is 15.1. The Morgan fingerprint density at radius 2 is 0.750 bits per heavy atom. The summed E-state index contributed by atoms with van der Waals surface area (Å²) in [6.07, 6.45) is 0. The zero-order valence-corrected chi connectivity index (χ0v) is 32.9. The largest absolute Gasteiger partial charge is 0.454 e. The molecular formula is C58H39NO. The monoisotopic (exact) mass is 765 g/mol. The van der Waals surface area contributed by atoms with Gasteiger partial charge in [0, 0.05) is 22.1 Å². The van der Waals surface area contributed by atoms with Gasteiger partial charge in [0.1, 0.15) is 5.58 Å². The first kappa shape index (κ1) is 35.2. The number of benzene rings is 10. The van der Waals surface area contributed by atoms with Crippen LogP contribution in [0.4, 0.5) is 17.1 Å². The van der Waals surface area contributed by atoms with Crippen LogP contribution in [0.15, 0.2) is 241 Å². The van der Waals surface area contributed by atoms with Gasteiger partial charge in [-0.3, -0.25) is 0 Å².